The molecule has 4 rings (SSSR count). The molecule has 7 nitrogen and oxygen atoms in total. The van der Waals surface area contributed by atoms with Gasteiger partial charge in [0.1, 0.15) is 11.5 Å². The van der Waals surface area contributed by atoms with Gasteiger partial charge in [0.25, 0.3) is 5.91 Å². The molecule has 1 unspecified atom stereocenters. The van der Waals surface area contributed by atoms with Crippen molar-refractivity contribution in [3.63, 3.8) is 0 Å². The first kappa shape index (κ1) is 14.5. The highest BCUT2D eigenvalue weighted by molar-refractivity contribution is 5.93. The van der Waals surface area contributed by atoms with Crippen molar-refractivity contribution in [1.82, 2.24) is 20.5 Å². The Morgan fingerprint density at radius 2 is 2.29 bits per heavy atom. The predicted molar refractivity (Wildman–Crippen MR) is 88.6 cm³/mol. The number of aromatic nitrogens is 3. The third kappa shape index (κ3) is 2.88. The van der Waals surface area contributed by atoms with Gasteiger partial charge in [0.15, 0.2) is 11.5 Å². The van der Waals surface area contributed by atoms with Crippen LogP contribution in [0, 0.1) is 0 Å². The zero-order valence-electron chi connectivity index (χ0n) is 13.0. The van der Waals surface area contributed by atoms with Gasteiger partial charge < -0.3 is 14.6 Å². The molecular weight excluding hydrogens is 306 g/mol. The number of pyridine rings is 1. The van der Waals surface area contributed by atoms with Crippen molar-refractivity contribution >= 4 is 11.7 Å². The van der Waals surface area contributed by atoms with Gasteiger partial charge in [0, 0.05) is 31.4 Å². The highest BCUT2D eigenvalue weighted by atomic mass is 16.3. The molecule has 1 amide bonds. The van der Waals surface area contributed by atoms with Crippen LogP contribution in [-0.2, 0) is 0 Å². The van der Waals surface area contributed by atoms with Gasteiger partial charge >= 0.3 is 0 Å². The Morgan fingerprint density at radius 3 is 3.08 bits per heavy atom. The van der Waals surface area contributed by atoms with Crippen molar-refractivity contribution < 1.29 is 9.21 Å². The van der Waals surface area contributed by atoms with Crippen molar-refractivity contribution in [2.24, 2.45) is 0 Å². The third-order valence-electron chi connectivity index (χ3n) is 4.09. The second-order valence-corrected chi connectivity index (χ2v) is 5.74. The summed E-state index contributed by atoms with van der Waals surface area (Å²) in [5.74, 6) is 1.41. The molecule has 122 valence electrons. The number of H-pyrrole nitrogens is 1. The molecule has 1 aliphatic rings. The molecule has 7 heteroatoms. The molecule has 1 saturated heterocycles. The van der Waals surface area contributed by atoms with E-state index in [1.807, 2.05) is 24.3 Å². The van der Waals surface area contributed by atoms with Crippen molar-refractivity contribution in [2.45, 2.75) is 12.5 Å². The van der Waals surface area contributed by atoms with E-state index < -0.39 is 0 Å². The predicted octanol–water partition coefficient (Wildman–Crippen LogP) is 2.07. The topological polar surface area (TPSA) is 87.0 Å². The van der Waals surface area contributed by atoms with Gasteiger partial charge in [-0.1, -0.05) is 6.07 Å². The van der Waals surface area contributed by atoms with E-state index in [1.165, 1.54) is 0 Å². The Balaban J connectivity index is 1.39. The zero-order chi connectivity index (χ0) is 16.4. The van der Waals surface area contributed by atoms with Crippen LogP contribution in [0.25, 0.3) is 11.5 Å². The second-order valence-electron chi connectivity index (χ2n) is 5.74. The van der Waals surface area contributed by atoms with Crippen LogP contribution < -0.4 is 10.2 Å². The number of hydrogen-bond acceptors (Lipinski definition) is 5. The van der Waals surface area contributed by atoms with E-state index in [9.17, 15) is 4.79 Å². The quantitative estimate of drug-likeness (QED) is 0.767. The Bertz CT molecular complexity index is 813. The van der Waals surface area contributed by atoms with E-state index in [4.69, 9.17) is 4.42 Å². The number of rotatable bonds is 4. The van der Waals surface area contributed by atoms with Crippen LogP contribution in [0.5, 0.6) is 0 Å². The SMILES string of the molecule is O=C(NC1CCN(c2ccccn2)C1)c1cc(-c2ccco2)[nH]n1. The first-order chi connectivity index (χ1) is 11.8. The summed E-state index contributed by atoms with van der Waals surface area (Å²) < 4.78 is 5.29. The maximum Gasteiger partial charge on any atom is 0.272 e. The highest BCUT2D eigenvalue weighted by Crippen LogP contribution is 2.19. The molecule has 24 heavy (non-hydrogen) atoms. The van der Waals surface area contributed by atoms with Gasteiger partial charge in [0.05, 0.1) is 6.26 Å². The summed E-state index contributed by atoms with van der Waals surface area (Å²) in [6.07, 6.45) is 4.25. The van der Waals surface area contributed by atoms with Gasteiger partial charge in [-0.05, 0) is 30.7 Å². The smallest absolute Gasteiger partial charge is 0.272 e. The largest absolute Gasteiger partial charge is 0.463 e. The van der Waals surface area contributed by atoms with E-state index in [0.29, 0.717) is 17.1 Å². The maximum atomic E-state index is 12.4. The molecule has 4 heterocycles. The van der Waals surface area contributed by atoms with Crippen molar-refractivity contribution in [3.8, 4) is 11.5 Å². The molecule has 0 bridgehead atoms. The number of furan rings is 1. The van der Waals surface area contributed by atoms with Gasteiger partial charge in [0.2, 0.25) is 0 Å². The van der Waals surface area contributed by atoms with E-state index in [2.05, 4.69) is 25.4 Å². The lowest BCUT2D eigenvalue weighted by atomic mass is 10.2. The molecule has 0 radical (unpaired) electrons. The highest BCUT2D eigenvalue weighted by Gasteiger charge is 2.25. The minimum atomic E-state index is -0.183. The van der Waals surface area contributed by atoms with Crippen LogP contribution in [0.3, 0.4) is 0 Å². The molecular formula is C17H17N5O2. The zero-order valence-corrected chi connectivity index (χ0v) is 13.0. The third-order valence-corrected chi connectivity index (χ3v) is 4.09. The minimum Gasteiger partial charge on any atom is -0.463 e. The number of aromatic amines is 1. The van der Waals surface area contributed by atoms with E-state index in [0.717, 1.165) is 25.3 Å². The Morgan fingerprint density at radius 1 is 1.33 bits per heavy atom. The van der Waals surface area contributed by atoms with Crippen molar-refractivity contribution in [1.29, 1.82) is 0 Å². The van der Waals surface area contributed by atoms with E-state index >= 15 is 0 Å². The van der Waals surface area contributed by atoms with Crippen LogP contribution in [0.15, 0.2) is 53.3 Å². The summed E-state index contributed by atoms with van der Waals surface area (Å²) in [4.78, 5) is 18.9. The van der Waals surface area contributed by atoms with Crippen LogP contribution in [0.4, 0.5) is 5.82 Å². The number of hydrogen-bond donors (Lipinski definition) is 2. The van der Waals surface area contributed by atoms with Crippen molar-refractivity contribution in [3.05, 3.63) is 54.6 Å². The Hall–Kier alpha value is -3.09. The molecule has 3 aromatic heterocycles. The molecule has 2 N–H and O–H groups in total. The summed E-state index contributed by atoms with van der Waals surface area (Å²) in [6.45, 7) is 1.62. The van der Waals surface area contributed by atoms with Crippen LogP contribution >= 0.6 is 0 Å². The van der Waals surface area contributed by atoms with Gasteiger partial charge in [-0.2, -0.15) is 5.10 Å². The molecule has 0 saturated carbocycles. The fraction of sp³-hybridized carbons (Fsp3) is 0.235. The average molecular weight is 323 g/mol. The molecule has 3 aromatic rings. The van der Waals surface area contributed by atoms with E-state index in [1.54, 1.807) is 24.6 Å². The van der Waals surface area contributed by atoms with Gasteiger partial charge in [-0.25, -0.2) is 4.98 Å². The molecule has 0 aliphatic carbocycles. The number of carbonyl (C=O) groups excluding carboxylic acids is 1. The number of nitrogens with zero attached hydrogens (tertiary/aromatic N) is 3. The molecule has 1 atom stereocenters. The first-order valence-electron chi connectivity index (χ1n) is 7.86. The maximum absolute atomic E-state index is 12.4. The number of carbonyl (C=O) groups is 1. The summed E-state index contributed by atoms with van der Waals surface area (Å²) in [7, 11) is 0. The monoisotopic (exact) mass is 323 g/mol. The average Bonchev–Trinajstić information content (AvgIpc) is 3.36. The first-order valence-corrected chi connectivity index (χ1v) is 7.86. The lowest BCUT2D eigenvalue weighted by Crippen LogP contribution is -2.37. The summed E-state index contributed by atoms with van der Waals surface area (Å²) in [5.41, 5.74) is 1.05. The van der Waals surface area contributed by atoms with E-state index in [-0.39, 0.29) is 11.9 Å². The van der Waals surface area contributed by atoms with Gasteiger partial charge in [-0.15, -0.1) is 0 Å². The minimum absolute atomic E-state index is 0.0864. The lowest BCUT2D eigenvalue weighted by Gasteiger charge is -2.17. The summed E-state index contributed by atoms with van der Waals surface area (Å²) >= 11 is 0. The Kier molecular flexibility index (Phi) is 3.74. The normalized spacial score (nSPS) is 17.2. The van der Waals surface area contributed by atoms with Crippen LogP contribution in [-0.4, -0.2) is 40.2 Å². The molecule has 0 spiro atoms. The number of amides is 1. The molecule has 1 fully saturated rings. The number of anilines is 1. The standard InChI is InChI=1S/C17H17N5O2/c23-17(14-10-13(20-21-14)15-4-3-9-24-15)19-12-6-8-22(11-12)16-5-1-2-7-18-16/h1-5,7,9-10,12H,6,8,11H2,(H,19,23)(H,20,21). The fourth-order valence-corrected chi connectivity index (χ4v) is 2.88. The molecule has 1 aliphatic heterocycles. The van der Waals surface area contributed by atoms with Crippen molar-refractivity contribution in [2.75, 3.05) is 18.0 Å². The summed E-state index contributed by atoms with van der Waals surface area (Å²) in [6, 6.07) is 11.2. The summed E-state index contributed by atoms with van der Waals surface area (Å²) in [5, 5.41) is 9.92. The Labute approximate surface area is 138 Å². The van der Waals surface area contributed by atoms with Crippen LogP contribution in [0.1, 0.15) is 16.9 Å². The lowest BCUT2D eigenvalue weighted by molar-refractivity contribution is 0.0935. The van der Waals surface area contributed by atoms with Crippen LogP contribution in [0.2, 0.25) is 0 Å². The molecule has 0 aromatic carbocycles. The second kappa shape index (κ2) is 6.19. The van der Waals surface area contributed by atoms with Gasteiger partial charge in [-0.3, -0.25) is 9.89 Å². The fourth-order valence-electron chi connectivity index (χ4n) is 2.88. The number of nitrogens with one attached hydrogen (secondary N) is 2.